The molecule has 7 nitrogen and oxygen atoms in total. The Hall–Kier alpha value is -2.19. The number of nitro groups is 1. The second-order valence-corrected chi connectivity index (χ2v) is 7.47. The van der Waals surface area contributed by atoms with Crippen molar-refractivity contribution < 1.29 is 27.2 Å². The number of rotatable bonds is 6. The SMILES string of the molecule is Cc1cccc2c(NCCC[N+](C)(C)O)c3c([N+](=O)[O-])ccc(C)c3nc12.Cl.[Cl-]. The van der Waals surface area contributed by atoms with Crippen molar-refractivity contribution in [1.29, 1.82) is 0 Å². The lowest BCUT2D eigenvalue weighted by atomic mass is 10.0. The molecule has 158 valence electrons. The fourth-order valence-corrected chi connectivity index (χ4v) is 3.35. The molecule has 2 N–H and O–H groups in total. The molecule has 0 aliphatic heterocycles. The predicted octanol–water partition coefficient (Wildman–Crippen LogP) is 1.61. The average molecular weight is 441 g/mol. The summed E-state index contributed by atoms with van der Waals surface area (Å²) in [6, 6.07) is 9.15. The largest absolute Gasteiger partial charge is 1.00 e. The Kier molecular flexibility index (Phi) is 8.17. The van der Waals surface area contributed by atoms with Crippen molar-refractivity contribution in [2.45, 2.75) is 20.3 Å². The molecule has 29 heavy (non-hydrogen) atoms. The Labute approximate surface area is 182 Å². The molecule has 0 spiro atoms. The summed E-state index contributed by atoms with van der Waals surface area (Å²) in [6.45, 7) is 5.08. The quantitative estimate of drug-likeness (QED) is 0.200. The number of fused-ring (bicyclic) bond motifs is 2. The third-order valence-electron chi connectivity index (χ3n) is 4.72. The van der Waals surface area contributed by atoms with Crippen molar-refractivity contribution in [2.75, 3.05) is 32.5 Å². The predicted molar refractivity (Wildman–Crippen MR) is 114 cm³/mol. The minimum absolute atomic E-state index is 0. The minimum Gasteiger partial charge on any atom is -1.00 e. The normalized spacial score (nSPS) is 11.1. The number of nitrogens with zero attached hydrogens (tertiary/aromatic N) is 3. The molecular weight excluding hydrogens is 415 g/mol. The van der Waals surface area contributed by atoms with Gasteiger partial charge >= 0.3 is 0 Å². The molecule has 0 aliphatic rings. The molecule has 0 atom stereocenters. The second-order valence-electron chi connectivity index (χ2n) is 7.47. The van der Waals surface area contributed by atoms with Crippen LogP contribution in [-0.2, 0) is 0 Å². The van der Waals surface area contributed by atoms with Gasteiger partial charge in [0.2, 0.25) is 0 Å². The van der Waals surface area contributed by atoms with Gasteiger partial charge in [-0.3, -0.25) is 10.1 Å². The number of aryl methyl sites for hydroxylation is 2. The van der Waals surface area contributed by atoms with Gasteiger partial charge in [0, 0.05) is 24.4 Å². The lowest BCUT2D eigenvalue weighted by Gasteiger charge is -2.20. The van der Waals surface area contributed by atoms with Gasteiger partial charge in [0.05, 0.1) is 35.7 Å². The number of benzene rings is 2. The summed E-state index contributed by atoms with van der Waals surface area (Å²) in [5.41, 5.74) is 4.19. The monoisotopic (exact) mass is 440 g/mol. The number of hydrogen-bond acceptors (Lipinski definition) is 5. The number of halogens is 2. The molecule has 0 radical (unpaired) electrons. The summed E-state index contributed by atoms with van der Waals surface area (Å²) in [5.74, 6) is 0. The van der Waals surface area contributed by atoms with Crippen molar-refractivity contribution in [3.8, 4) is 0 Å². The molecule has 3 rings (SSSR count). The highest BCUT2D eigenvalue weighted by molar-refractivity contribution is 6.12. The first-order valence-corrected chi connectivity index (χ1v) is 8.95. The Balaban J connectivity index is 0.00000210. The fourth-order valence-electron chi connectivity index (χ4n) is 3.35. The molecule has 0 saturated heterocycles. The highest BCUT2D eigenvalue weighted by Gasteiger charge is 2.21. The summed E-state index contributed by atoms with van der Waals surface area (Å²) in [4.78, 5) is 16.1. The van der Waals surface area contributed by atoms with Crippen LogP contribution in [0.3, 0.4) is 0 Å². The van der Waals surface area contributed by atoms with Crippen molar-refractivity contribution in [1.82, 2.24) is 4.98 Å². The smallest absolute Gasteiger partial charge is 0.280 e. The van der Waals surface area contributed by atoms with E-state index in [1.807, 2.05) is 32.0 Å². The molecule has 0 bridgehead atoms. The lowest BCUT2D eigenvalue weighted by Crippen LogP contribution is -3.00. The van der Waals surface area contributed by atoms with Crippen LogP contribution in [0.4, 0.5) is 11.4 Å². The van der Waals surface area contributed by atoms with Crippen LogP contribution in [0, 0.1) is 24.0 Å². The van der Waals surface area contributed by atoms with Crippen LogP contribution in [-0.4, -0.2) is 46.9 Å². The summed E-state index contributed by atoms with van der Waals surface area (Å²) < 4.78 is -0.113. The van der Waals surface area contributed by atoms with E-state index in [1.165, 1.54) is 0 Å². The number of non-ortho nitro benzene ring substituents is 1. The van der Waals surface area contributed by atoms with E-state index in [0.29, 0.717) is 24.0 Å². The standard InChI is InChI=1S/C20H25N4O3.2ClH/c1-13-7-5-8-15-18(13)22-19-14(2)9-10-16(23(25)26)17(19)20(15)21-11-6-12-24(3,4)27;;/h5,7-10,27H,6,11-12H2,1-4H3,(H,21,22);2*1H/q+1;;/p-1. The van der Waals surface area contributed by atoms with Crippen LogP contribution in [0.25, 0.3) is 21.8 Å². The molecule has 9 heteroatoms. The molecule has 0 amide bonds. The second kappa shape index (κ2) is 9.54. The molecule has 1 heterocycles. The first-order chi connectivity index (χ1) is 12.7. The molecule has 3 aromatic rings. The molecule has 2 aromatic carbocycles. The molecule has 0 unspecified atom stereocenters. The van der Waals surface area contributed by atoms with Crippen LogP contribution in [0.15, 0.2) is 30.3 Å². The van der Waals surface area contributed by atoms with Crippen LogP contribution < -0.4 is 17.7 Å². The Morgan fingerprint density at radius 1 is 1.14 bits per heavy atom. The Morgan fingerprint density at radius 3 is 2.41 bits per heavy atom. The van der Waals surface area contributed by atoms with Gasteiger partial charge in [0.1, 0.15) is 11.9 Å². The van der Waals surface area contributed by atoms with Gasteiger partial charge in [0.25, 0.3) is 5.69 Å². The highest BCUT2D eigenvalue weighted by Crippen LogP contribution is 2.38. The number of nitrogens with one attached hydrogen (secondary N) is 1. The maximum Gasteiger partial charge on any atom is 0.280 e. The summed E-state index contributed by atoms with van der Waals surface area (Å²) in [6.07, 6.45) is 0.722. The van der Waals surface area contributed by atoms with Crippen molar-refractivity contribution in [3.05, 3.63) is 51.6 Å². The minimum atomic E-state index is -0.357. The molecular formula is C20H26Cl2N4O3. The maximum absolute atomic E-state index is 11.7. The van der Waals surface area contributed by atoms with Crippen molar-refractivity contribution >= 4 is 45.6 Å². The first kappa shape index (κ1) is 24.8. The zero-order chi connectivity index (χ0) is 19.8. The van der Waals surface area contributed by atoms with Crippen molar-refractivity contribution in [3.63, 3.8) is 0 Å². The van der Waals surface area contributed by atoms with E-state index in [1.54, 1.807) is 26.2 Å². The van der Waals surface area contributed by atoms with Crippen molar-refractivity contribution in [2.24, 2.45) is 0 Å². The number of quaternary nitrogens is 1. The van der Waals surface area contributed by atoms with E-state index in [0.717, 1.165) is 34.1 Å². The fraction of sp³-hybridized carbons (Fsp3) is 0.350. The number of hydrogen-bond donors (Lipinski definition) is 2. The third kappa shape index (κ3) is 5.25. The molecule has 0 aliphatic carbocycles. The average Bonchev–Trinajstić information content (AvgIpc) is 2.58. The van der Waals surface area contributed by atoms with E-state index in [9.17, 15) is 15.3 Å². The van der Waals surface area contributed by atoms with Gasteiger partial charge < -0.3 is 17.7 Å². The number of hydroxylamine groups is 3. The summed E-state index contributed by atoms with van der Waals surface area (Å²) >= 11 is 0. The number of nitro benzene ring substituents is 1. The molecule has 1 aromatic heterocycles. The van der Waals surface area contributed by atoms with E-state index < -0.39 is 0 Å². The first-order valence-electron chi connectivity index (χ1n) is 8.95. The van der Waals surface area contributed by atoms with E-state index in [2.05, 4.69) is 5.32 Å². The lowest BCUT2D eigenvalue weighted by molar-refractivity contribution is -1.07. The van der Waals surface area contributed by atoms with E-state index in [4.69, 9.17) is 4.98 Å². The van der Waals surface area contributed by atoms with Gasteiger partial charge in [-0.2, -0.15) is 4.65 Å². The van der Waals surface area contributed by atoms with Crippen LogP contribution in [0.2, 0.25) is 0 Å². The number of para-hydroxylation sites is 1. The maximum atomic E-state index is 11.7. The topological polar surface area (TPSA) is 88.3 Å². The number of aromatic nitrogens is 1. The zero-order valence-electron chi connectivity index (χ0n) is 16.9. The number of pyridine rings is 1. The van der Waals surface area contributed by atoms with E-state index >= 15 is 0 Å². The highest BCUT2D eigenvalue weighted by atomic mass is 35.5. The van der Waals surface area contributed by atoms with Gasteiger partial charge in [-0.1, -0.05) is 24.3 Å². The van der Waals surface area contributed by atoms with Gasteiger partial charge in [-0.15, -0.1) is 12.4 Å². The van der Waals surface area contributed by atoms with Crippen LogP contribution >= 0.6 is 12.4 Å². The molecule has 0 saturated carbocycles. The Bertz CT molecular complexity index is 1040. The zero-order valence-corrected chi connectivity index (χ0v) is 18.5. The van der Waals surface area contributed by atoms with Gasteiger partial charge in [-0.25, -0.2) is 10.2 Å². The van der Waals surface area contributed by atoms with Crippen LogP contribution in [0.1, 0.15) is 17.5 Å². The third-order valence-corrected chi connectivity index (χ3v) is 4.72. The van der Waals surface area contributed by atoms with Gasteiger partial charge in [-0.05, 0) is 25.0 Å². The summed E-state index contributed by atoms with van der Waals surface area (Å²) in [7, 11) is 3.43. The van der Waals surface area contributed by atoms with E-state index in [-0.39, 0.29) is 40.1 Å². The summed E-state index contributed by atoms with van der Waals surface area (Å²) in [5, 5.41) is 26.3. The number of anilines is 1. The molecule has 0 fully saturated rings. The Morgan fingerprint density at radius 2 is 1.79 bits per heavy atom. The van der Waals surface area contributed by atoms with Crippen LogP contribution in [0.5, 0.6) is 0 Å². The van der Waals surface area contributed by atoms with Gasteiger partial charge in [0.15, 0.2) is 0 Å².